The Morgan fingerprint density at radius 1 is 1.17 bits per heavy atom. The summed E-state index contributed by atoms with van der Waals surface area (Å²) in [5.41, 5.74) is 0. The zero-order chi connectivity index (χ0) is 12.8. The van der Waals surface area contributed by atoms with Gasteiger partial charge < -0.3 is 15.2 Å². The monoisotopic (exact) mass is 255 g/mol. The van der Waals surface area contributed by atoms with Gasteiger partial charge in [0.05, 0.1) is 18.2 Å². The van der Waals surface area contributed by atoms with Crippen LogP contribution in [0.5, 0.6) is 0 Å². The van der Waals surface area contributed by atoms with E-state index in [0.29, 0.717) is 6.42 Å². The normalized spacial score (nSPS) is 33.1. The minimum absolute atomic E-state index is 0.0291. The zero-order valence-electron chi connectivity index (χ0n) is 11.1. The molecule has 2 fully saturated rings. The van der Waals surface area contributed by atoms with E-state index in [2.05, 4.69) is 5.32 Å². The lowest BCUT2D eigenvalue weighted by atomic mass is 9.92. The van der Waals surface area contributed by atoms with Gasteiger partial charge in [-0.1, -0.05) is 12.8 Å². The van der Waals surface area contributed by atoms with Gasteiger partial charge in [-0.15, -0.1) is 0 Å². The highest BCUT2D eigenvalue weighted by molar-refractivity contribution is 5.76. The number of amides is 1. The second-order valence-electron chi connectivity index (χ2n) is 5.55. The Morgan fingerprint density at radius 3 is 2.67 bits per heavy atom. The van der Waals surface area contributed by atoms with Gasteiger partial charge in [0.25, 0.3) is 0 Å². The average Bonchev–Trinajstić information content (AvgIpc) is 2.40. The molecule has 0 aromatic carbocycles. The first-order chi connectivity index (χ1) is 8.75. The molecule has 0 radical (unpaired) electrons. The minimum atomic E-state index is -0.353. The average molecular weight is 255 g/mol. The first-order valence-corrected chi connectivity index (χ1v) is 7.35. The number of aliphatic hydroxyl groups excluding tert-OH is 1. The minimum Gasteiger partial charge on any atom is -0.391 e. The summed E-state index contributed by atoms with van der Waals surface area (Å²) >= 11 is 0. The zero-order valence-corrected chi connectivity index (χ0v) is 11.1. The highest BCUT2D eigenvalue weighted by Crippen LogP contribution is 2.19. The molecule has 2 aliphatic rings. The van der Waals surface area contributed by atoms with Crippen molar-refractivity contribution in [1.82, 2.24) is 5.32 Å². The van der Waals surface area contributed by atoms with E-state index in [4.69, 9.17) is 4.74 Å². The first-order valence-electron chi connectivity index (χ1n) is 7.35. The van der Waals surface area contributed by atoms with Crippen LogP contribution in [-0.4, -0.2) is 35.9 Å². The summed E-state index contributed by atoms with van der Waals surface area (Å²) in [7, 11) is 0. The van der Waals surface area contributed by atoms with E-state index < -0.39 is 0 Å². The van der Waals surface area contributed by atoms with Gasteiger partial charge in [0, 0.05) is 13.0 Å². The maximum absolute atomic E-state index is 11.8. The molecule has 0 aromatic rings. The number of rotatable bonds is 4. The Hall–Kier alpha value is -0.610. The van der Waals surface area contributed by atoms with Crippen LogP contribution in [-0.2, 0) is 9.53 Å². The van der Waals surface area contributed by atoms with Gasteiger partial charge in [-0.05, 0) is 38.5 Å². The topological polar surface area (TPSA) is 58.6 Å². The van der Waals surface area contributed by atoms with E-state index in [-0.39, 0.29) is 24.2 Å². The molecular weight excluding hydrogens is 230 g/mol. The van der Waals surface area contributed by atoms with E-state index in [1.165, 1.54) is 6.42 Å². The Bertz CT molecular complexity index is 264. The van der Waals surface area contributed by atoms with Crippen molar-refractivity contribution in [2.45, 2.75) is 76.0 Å². The lowest BCUT2D eigenvalue weighted by Crippen LogP contribution is -2.45. The molecule has 1 aliphatic heterocycles. The molecular formula is C14H25NO3. The van der Waals surface area contributed by atoms with Crippen LogP contribution in [0.15, 0.2) is 0 Å². The van der Waals surface area contributed by atoms with Gasteiger partial charge in [-0.25, -0.2) is 0 Å². The van der Waals surface area contributed by atoms with Gasteiger partial charge in [-0.2, -0.15) is 0 Å². The third-order valence-electron chi connectivity index (χ3n) is 4.04. The fraction of sp³-hybridized carbons (Fsp3) is 0.929. The molecule has 0 bridgehead atoms. The summed E-state index contributed by atoms with van der Waals surface area (Å²) in [5.74, 6) is 0.0649. The quantitative estimate of drug-likeness (QED) is 0.804. The molecule has 3 atom stereocenters. The maximum Gasteiger partial charge on any atom is 0.220 e. The highest BCUT2D eigenvalue weighted by Gasteiger charge is 2.24. The summed E-state index contributed by atoms with van der Waals surface area (Å²) in [4.78, 5) is 11.8. The Balaban J connectivity index is 1.64. The van der Waals surface area contributed by atoms with Crippen LogP contribution < -0.4 is 5.32 Å². The predicted octanol–water partition coefficient (Wildman–Crippen LogP) is 1.76. The lowest BCUT2D eigenvalue weighted by Gasteiger charge is -2.28. The van der Waals surface area contributed by atoms with E-state index in [1.54, 1.807) is 0 Å². The fourth-order valence-corrected chi connectivity index (χ4v) is 2.89. The van der Waals surface area contributed by atoms with Crippen LogP contribution in [0.4, 0.5) is 0 Å². The highest BCUT2D eigenvalue weighted by atomic mass is 16.5. The summed E-state index contributed by atoms with van der Waals surface area (Å²) < 4.78 is 5.61. The summed E-state index contributed by atoms with van der Waals surface area (Å²) in [5, 5.41) is 12.8. The van der Waals surface area contributed by atoms with Crippen molar-refractivity contribution >= 4 is 5.91 Å². The molecule has 1 unspecified atom stereocenters. The largest absolute Gasteiger partial charge is 0.391 e. The van der Waals surface area contributed by atoms with Crippen molar-refractivity contribution in [1.29, 1.82) is 0 Å². The van der Waals surface area contributed by atoms with Gasteiger partial charge in [0.1, 0.15) is 0 Å². The predicted molar refractivity (Wildman–Crippen MR) is 69.2 cm³/mol. The van der Waals surface area contributed by atoms with Crippen LogP contribution in [0.1, 0.15) is 57.8 Å². The Morgan fingerprint density at radius 2 is 1.94 bits per heavy atom. The van der Waals surface area contributed by atoms with Crippen LogP contribution in [0.3, 0.4) is 0 Å². The molecule has 1 heterocycles. The fourth-order valence-electron chi connectivity index (χ4n) is 2.89. The molecule has 2 N–H and O–H groups in total. The molecule has 1 amide bonds. The van der Waals surface area contributed by atoms with Crippen LogP contribution in [0.2, 0.25) is 0 Å². The van der Waals surface area contributed by atoms with Crippen molar-refractivity contribution in [3.63, 3.8) is 0 Å². The van der Waals surface area contributed by atoms with Crippen molar-refractivity contribution < 1.29 is 14.6 Å². The first kappa shape index (κ1) is 13.8. The molecule has 2 rings (SSSR count). The second-order valence-corrected chi connectivity index (χ2v) is 5.55. The van der Waals surface area contributed by atoms with E-state index >= 15 is 0 Å². The summed E-state index contributed by atoms with van der Waals surface area (Å²) in [6.07, 6.45) is 8.60. The molecule has 0 spiro atoms. The smallest absolute Gasteiger partial charge is 0.220 e. The molecule has 4 heteroatoms. The molecule has 4 nitrogen and oxygen atoms in total. The van der Waals surface area contributed by atoms with Crippen molar-refractivity contribution in [3.8, 4) is 0 Å². The van der Waals surface area contributed by atoms with Gasteiger partial charge in [0.15, 0.2) is 0 Å². The molecule has 104 valence electrons. The van der Waals surface area contributed by atoms with Crippen molar-refractivity contribution in [3.05, 3.63) is 0 Å². The summed E-state index contributed by atoms with van der Waals surface area (Å²) in [6, 6.07) is -0.0291. The standard InChI is InChI=1S/C14H25NO3/c16-13-7-2-1-6-12(13)15-14(17)9-8-11-5-3-4-10-18-11/h11-13,16H,1-10H2,(H,15,17)/t11?,12-,13-/m1/s1. The van der Waals surface area contributed by atoms with Crippen LogP contribution >= 0.6 is 0 Å². The number of nitrogens with one attached hydrogen (secondary N) is 1. The number of hydrogen-bond acceptors (Lipinski definition) is 3. The molecule has 18 heavy (non-hydrogen) atoms. The van der Waals surface area contributed by atoms with Gasteiger partial charge in [-0.3, -0.25) is 4.79 Å². The van der Waals surface area contributed by atoms with E-state index in [9.17, 15) is 9.90 Å². The SMILES string of the molecule is O=C(CCC1CCCCO1)N[C@@H]1CCCC[C@H]1O. The van der Waals surface area contributed by atoms with E-state index in [0.717, 1.165) is 51.6 Å². The van der Waals surface area contributed by atoms with E-state index in [1.807, 2.05) is 0 Å². The molecule has 1 saturated heterocycles. The van der Waals surface area contributed by atoms with Crippen molar-refractivity contribution in [2.24, 2.45) is 0 Å². The molecule has 1 saturated carbocycles. The number of ether oxygens (including phenoxy) is 1. The lowest BCUT2D eigenvalue weighted by molar-refractivity contribution is -0.124. The number of carbonyl (C=O) groups is 1. The summed E-state index contributed by atoms with van der Waals surface area (Å²) in [6.45, 7) is 0.841. The van der Waals surface area contributed by atoms with Crippen molar-refractivity contribution in [2.75, 3.05) is 6.61 Å². The van der Waals surface area contributed by atoms with Gasteiger partial charge >= 0.3 is 0 Å². The molecule has 1 aliphatic carbocycles. The third kappa shape index (κ3) is 4.25. The second kappa shape index (κ2) is 7.10. The Labute approximate surface area is 109 Å². The Kier molecular flexibility index (Phi) is 5.45. The number of carbonyl (C=O) groups excluding carboxylic acids is 1. The molecule has 0 aromatic heterocycles. The van der Waals surface area contributed by atoms with Crippen LogP contribution in [0.25, 0.3) is 0 Å². The maximum atomic E-state index is 11.8. The number of aliphatic hydroxyl groups is 1. The van der Waals surface area contributed by atoms with Gasteiger partial charge in [0.2, 0.25) is 5.91 Å². The third-order valence-corrected chi connectivity index (χ3v) is 4.04. The number of hydrogen-bond donors (Lipinski definition) is 2. The van der Waals surface area contributed by atoms with Crippen LogP contribution in [0, 0.1) is 0 Å².